The van der Waals surface area contributed by atoms with Gasteiger partial charge in [-0.2, -0.15) is 0 Å². The number of aromatic amines is 1. The highest BCUT2D eigenvalue weighted by molar-refractivity contribution is 7.99. The number of hydrogen-bond donors (Lipinski definition) is 2. The second kappa shape index (κ2) is 10.8. The van der Waals surface area contributed by atoms with Crippen molar-refractivity contribution in [2.24, 2.45) is 0 Å². The van der Waals surface area contributed by atoms with E-state index in [1.165, 1.54) is 67.4 Å². The highest BCUT2D eigenvalue weighted by atomic mass is 32.2. The van der Waals surface area contributed by atoms with E-state index < -0.39 is 0 Å². The van der Waals surface area contributed by atoms with Crippen molar-refractivity contribution in [1.29, 1.82) is 0 Å². The number of nitrogens with one attached hydrogen (secondary N) is 2. The first kappa shape index (κ1) is 21.8. The first-order chi connectivity index (χ1) is 14.7. The minimum absolute atomic E-state index is 0.0204. The van der Waals surface area contributed by atoms with E-state index in [4.69, 9.17) is 0 Å². The molecule has 1 aliphatic carbocycles. The highest BCUT2D eigenvalue weighted by Gasteiger charge is 2.19. The summed E-state index contributed by atoms with van der Waals surface area (Å²) in [6.45, 7) is 4.21. The Morgan fingerprint density at radius 2 is 1.93 bits per heavy atom. The number of aryl methyl sites for hydroxylation is 2. The average Bonchev–Trinajstić information content (AvgIpc) is 2.91. The number of hydrogen-bond acceptors (Lipinski definition) is 6. The first-order valence-corrected chi connectivity index (χ1v) is 13.3. The van der Waals surface area contributed by atoms with E-state index in [0.29, 0.717) is 17.3 Å². The van der Waals surface area contributed by atoms with Crippen molar-refractivity contribution < 1.29 is 4.79 Å². The zero-order chi connectivity index (χ0) is 20.8. The SMILES string of the molecule is O=C(CSCc1nc2sc3c(c2c(=O)[nH]1)CCCC3)NCCCN1CCCCCC1. The van der Waals surface area contributed by atoms with Gasteiger partial charge in [-0.05, 0) is 70.1 Å². The monoisotopic (exact) mass is 448 g/mol. The fraction of sp³-hybridized carbons (Fsp3) is 0.682. The van der Waals surface area contributed by atoms with Crippen LogP contribution in [0.2, 0.25) is 0 Å². The lowest BCUT2D eigenvalue weighted by molar-refractivity contribution is -0.118. The van der Waals surface area contributed by atoms with Gasteiger partial charge in [0.2, 0.25) is 5.91 Å². The number of fused-ring (bicyclic) bond motifs is 3. The summed E-state index contributed by atoms with van der Waals surface area (Å²) < 4.78 is 0. The van der Waals surface area contributed by atoms with E-state index in [1.54, 1.807) is 11.3 Å². The highest BCUT2D eigenvalue weighted by Crippen LogP contribution is 2.33. The predicted molar refractivity (Wildman–Crippen MR) is 126 cm³/mol. The van der Waals surface area contributed by atoms with Gasteiger partial charge in [-0.25, -0.2) is 4.98 Å². The van der Waals surface area contributed by atoms with Crippen molar-refractivity contribution in [3.8, 4) is 0 Å². The summed E-state index contributed by atoms with van der Waals surface area (Å²) in [6, 6.07) is 0. The molecule has 1 aliphatic heterocycles. The Bertz CT molecular complexity index is 916. The van der Waals surface area contributed by atoms with Crippen LogP contribution in [0.3, 0.4) is 0 Å². The lowest BCUT2D eigenvalue weighted by Gasteiger charge is -2.19. The third kappa shape index (κ3) is 5.65. The maximum Gasteiger partial charge on any atom is 0.259 e. The molecular formula is C22H32N4O2S2. The van der Waals surface area contributed by atoms with Gasteiger partial charge >= 0.3 is 0 Å². The van der Waals surface area contributed by atoms with Crippen LogP contribution in [0, 0.1) is 0 Å². The number of H-pyrrole nitrogens is 1. The van der Waals surface area contributed by atoms with Gasteiger partial charge in [0.25, 0.3) is 5.56 Å². The van der Waals surface area contributed by atoms with Crippen molar-refractivity contribution in [2.45, 2.75) is 63.5 Å². The molecule has 2 N–H and O–H groups in total. The van der Waals surface area contributed by atoms with Crippen molar-refractivity contribution >= 4 is 39.2 Å². The lowest BCUT2D eigenvalue weighted by Crippen LogP contribution is -2.31. The predicted octanol–water partition coefficient (Wildman–Crippen LogP) is 3.48. The van der Waals surface area contributed by atoms with E-state index in [9.17, 15) is 9.59 Å². The third-order valence-corrected chi connectivity index (χ3v) is 8.15. The molecule has 0 saturated carbocycles. The number of thioether (sulfide) groups is 1. The molecule has 2 aromatic heterocycles. The summed E-state index contributed by atoms with van der Waals surface area (Å²) >= 11 is 3.18. The quantitative estimate of drug-likeness (QED) is 0.605. The molecule has 1 fully saturated rings. The number of carbonyl (C=O) groups is 1. The Labute approximate surface area is 186 Å². The van der Waals surface area contributed by atoms with Crippen molar-refractivity contribution in [2.75, 3.05) is 31.9 Å². The van der Waals surface area contributed by atoms with Gasteiger partial charge in [0, 0.05) is 11.4 Å². The molecule has 30 heavy (non-hydrogen) atoms. The van der Waals surface area contributed by atoms with Crippen LogP contribution in [0.4, 0.5) is 0 Å². The largest absolute Gasteiger partial charge is 0.355 e. The van der Waals surface area contributed by atoms with Crippen LogP contribution in [0.1, 0.15) is 61.2 Å². The van der Waals surface area contributed by atoms with E-state index in [-0.39, 0.29) is 11.5 Å². The van der Waals surface area contributed by atoms with Crippen molar-refractivity contribution in [3.05, 3.63) is 26.6 Å². The van der Waals surface area contributed by atoms with Crippen LogP contribution in [-0.2, 0) is 23.4 Å². The third-order valence-electron chi connectivity index (χ3n) is 6.02. The zero-order valence-corrected chi connectivity index (χ0v) is 19.3. The molecule has 4 rings (SSSR count). The fourth-order valence-electron chi connectivity index (χ4n) is 4.46. The Morgan fingerprint density at radius 3 is 2.77 bits per heavy atom. The fourth-order valence-corrected chi connectivity index (χ4v) is 6.46. The molecular weight excluding hydrogens is 416 g/mol. The molecule has 164 valence electrons. The molecule has 2 aliphatic rings. The van der Waals surface area contributed by atoms with Gasteiger partial charge in [0.15, 0.2) is 0 Å². The number of carbonyl (C=O) groups excluding carboxylic acids is 1. The topological polar surface area (TPSA) is 78.1 Å². The molecule has 3 heterocycles. The Morgan fingerprint density at radius 1 is 1.13 bits per heavy atom. The number of amides is 1. The zero-order valence-electron chi connectivity index (χ0n) is 17.6. The average molecular weight is 449 g/mol. The van der Waals surface area contributed by atoms with Crippen LogP contribution >= 0.6 is 23.1 Å². The molecule has 0 atom stereocenters. The molecule has 0 bridgehead atoms. The smallest absolute Gasteiger partial charge is 0.259 e. The molecule has 2 aromatic rings. The number of thiophene rings is 1. The maximum absolute atomic E-state index is 12.6. The minimum atomic E-state index is -0.0204. The molecule has 1 saturated heterocycles. The van der Waals surface area contributed by atoms with Gasteiger partial charge in [0.1, 0.15) is 10.7 Å². The minimum Gasteiger partial charge on any atom is -0.355 e. The standard InChI is InChI=1S/C22H32N4O2S2/c27-19(23-10-7-13-26-11-5-1-2-6-12-26)15-29-14-18-24-21(28)20-16-8-3-4-9-17(16)30-22(20)25-18/h1-15H2,(H,23,27)(H,24,25,28). The summed E-state index contributed by atoms with van der Waals surface area (Å²) in [6.07, 6.45) is 10.7. The van der Waals surface area contributed by atoms with Gasteiger partial charge in [-0.1, -0.05) is 12.8 Å². The van der Waals surface area contributed by atoms with Crippen molar-refractivity contribution in [3.63, 3.8) is 0 Å². The summed E-state index contributed by atoms with van der Waals surface area (Å²) in [5, 5.41) is 3.82. The lowest BCUT2D eigenvalue weighted by atomic mass is 9.97. The van der Waals surface area contributed by atoms with Gasteiger partial charge in [0.05, 0.1) is 16.9 Å². The number of rotatable bonds is 8. The maximum atomic E-state index is 12.6. The first-order valence-electron chi connectivity index (χ1n) is 11.3. The molecule has 1 amide bonds. The summed E-state index contributed by atoms with van der Waals surface area (Å²) in [5.41, 5.74) is 1.20. The summed E-state index contributed by atoms with van der Waals surface area (Å²) in [7, 11) is 0. The number of nitrogens with zero attached hydrogens (tertiary/aromatic N) is 2. The van der Waals surface area contributed by atoms with Crippen LogP contribution in [0.25, 0.3) is 10.2 Å². The second-order valence-electron chi connectivity index (χ2n) is 8.36. The normalized spacial score (nSPS) is 17.6. The van der Waals surface area contributed by atoms with E-state index in [1.807, 2.05) is 0 Å². The van der Waals surface area contributed by atoms with Crippen LogP contribution < -0.4 is 10.9 Å². The molecule has 0 radical (unpaired) electrons. The van der Waals surface area contributed by atoms with Gasteiger partial charge in [-0.15, -0.1) is 23.1 Å². The molecule has 0 aromatic carbocycles. The Kier molecular flexibility index (Phi) is 7.84. The molecule has 6 nitrogen and oxygen atoms in total. The van der Waals surface area contributed by atoms with Gasteiger partial charge in [-0.3, -0.25) is 9.59 Å². The Balaban J connectivity index is 1.20. The number of aromatic nitrogens is 2. The van der Waals surface area contributed by atoms with E-state index in [2.05, 4.69) is 20.2 Å². The van der Waals surface area contributed by atoms with E-state index in [0.717, 1.165) is 49.0 Å². The second-order valence-corrected chi connectivity index (χ2v) is 10.4. The number of likely N-dealkylation sites (tertiary alicyclic amines) is 1. The summed E-state index contributed by atoms with van der Waals surface area (Å²) in [5.74, 6) is 1.68. The van der Waals surface area contributed by atoms with Crippen LogP contribution in [0.5, 0.6) is 0 Å². The van der Waals surface area contributed by atoms with Crippen LogP contribution in [-0.4, -0.2) is 52.7 Å². The van der Waals surface area contributed by atoms with Crippen LogP contribution in [0.15, 0.2) is 4.79 Å². The molecule has 0 spiro atoms. The van der Waals surface area contributed by atoms with Gasteiger partial charge < -0.3 is 15.2 Å². The van der Waals surface area contributed by atoms with Crippen molar-refractivity contribution in [1.82, 2.24) is 20.2 Å². The summed E-state index contributed by atoms with van der Waals surface area (Å²) in [4.78, 5) is 37.0. The molecule has 0 unspecified atom stereocenters. The Hall–Kier alpha value is -1.38. The molecule has 8 heteroatoms. The van der Waals surface area contributed by atoms with E-state index >= 15 is 0 Å².